The zero-order valence-electron chi connectivity index (χ0n) is 17.1. The van der Waals surface area contributed by atoms with E-state index in [0.29, 0.717) is 5.69 Å². The number of nitrogens with one attached hydrogen (secondary N) is 1. The Labute approximate surface area is 197 Å². The highest BCUT2D eigenvalue weighted by Gasteiger charge is 2.66. The minimum atomic E-state index is -0.617. The van der Waals surface area contributed by atoms with Gasteiger partial charge in [-0.2, -0.15) is 0 Å². The van der Waals surface area contributed by atoms with Crippen LogP contribution >= 0.6 is 31.9 Å². The van der Waals surface area contributed by atoms with Crippen LogP contribution in [0.1, 0.15) is 25.3 Å². The quantitative estimate of drug-likeness (QED) is 0.317. The third kappa shape index (κ3) is 4.18. The number of hydrogen-bond donors (Lipinski definition) is 1. The molecule has 1 N–H and O–H groups in total. The number of ether oxygens (including phenoxy) is 1. The van der Waals surface area contributed by atoms with E-state index in [1.54, 1.807) is 12.1 Å². The van der Waals surface area contributed by atoms with E-state index < -0.39 is 18.5 Å². The number of nitrogens with zero attached hydrogens (tertiary/aromatic N) is 1. The topological polar surface area (TPSA) is 92.8 Å². The van der Waals surface area contributed by atoms with Crippen molar-refractivity contribution in [3.05, 3.63) is 29.8 Å². The van der Waals surface area contributed by atoms with Gasteiger partial charge in [-0.05, 0) is 42.4 Å². The monoisotopic (exact) mass is 554 g/mol. The number of likely N-dealkylation sites (tertiary alicyclic amines) is 1. The first-order chi connectivity index (χ1) is 14.8. The SMILES string of the molecule is CCc1ccc(NC(=O)COC(=O)CCN2C(=O)[C@@H]3[C@H]4C[C@@H]([C@H](Br)[C@H]4Br)[C@H]3C2=O)cc1. The van der Waals surface area contributed by atoms with Gasteiger partial charge in [-0.1, -0.05) is 50.9 Å². The Bertz CT molecular complexity index is 874. The molecule has 4 rings (SSSR count). The molecule has 1 aromatic rings. The van der Waals surface area contributed by atoms with Crippen LogP contribution in [0.5, 0.6) is 0 Å². The van der Waals surface area contributed by atoms with Gasteiger partial charge in [-0.25, -0.2) is 0 Å². The molecule has 6 atom stereocenters. The van der Waals surface area contributed by atoms with Crippen molar-refractivity contribution in [3.63, 3.8) is 0 Å². The van der Waals surface area contributed by atoms with Crippen LogP contribution in [0.3, 0.4) is 0 Å². The molecule has 3 fully saturated rings. The first-order valence-corrected chi connectivity index (χ1v) is 12.3. The van der Waals surface area contributed by atoms with Gasteiger partial charge in [0.05, 0.1) is 18.3 Å². The number of carbonyl (C=O) groups excluding carboxylic acids is 4. The smallest absolute Gasteiger partial charge is 0.308 e. The highest BCUT2D eigenvalue weighted by Crippen LogP contribution is 2.60. The fraction of sp³-hybridized carbons (Fsp3) is 0.545. The first kappa shape index (κ1) is 22.5. The Morgan fingerprint density at radius 1 is 1.06 bits per heavy atom. The predicted octanol–water partition coefficient (Wildman–Crippen LogP) is 2.90. The number of fused-ring (bicyclic) bond motifs is 5. The van der Waals surface area contributed by atoms with Crippen LogP contribution in [0.25, 0.3) is 0 Å². The summed E-state index contributed by atoms with van der Waals surface area (Å²) in [6.45, 7) is 1.62. The van der Waals surface area contributed by atoms with Crippen LogP contribution in [0.15, 0.2) is 24.3 Å². The normalized spacial score (nSPS) is 31.1. The average Bonchev–Trinajstić information content (AvgIpc) is 3.36. The van der Waals surface area contributed by atoms with E-state index >= 15 is 0 Å². The largest absolute Gasteiger partial charge is 0.456 e. The fourth-order valence-corrected chi connectivity index (χ4v) is 6.95. The molecule has 1 saturated heterocycles. The van der Waals surface area contributed by atoms with Crippen molar-refractivity contribution in [3.8, 4) is 0 Å². The molecule has 3 aliphatic rings. The highest BCUT2D eigenvalue weighted by molar-refractivity contribution is 9.12. The molecule has 2 aliphatic carbocycles. The standard InChI is InChI=1S/C22H24Br2N2O5/c1-2-11-3-5-12(6-4-11)25-15(27)10-31-16(28)7-8-26-21(29)17-13-9-14(18(17)22(26)30)20(24)19(13)23/h3-6,13-14,17-20H,2,7-10H2,1H3,(H,25,27)/t13-,14-,17-,18-,19+,20+/m1/s1. The molecular formula is C22H24Br2N2O5. The minimum absolute atomic E-state index is 0.0110. The van der Waals surface area contributed by atoms with Gasteiger partial charge >= 0.3 is 5.97 Å². The summed E-state index contributed by atoms with van der Waals surface area (Å²) < 4.78 is 5.02. The minimum Gasteiger partial charge on any atom is -0.456 e. The molecule has 0 unspecified atom stereocenters. The summed E-state index contributed by atoms with van der Waals surface area (Å²) >= 11 is 7.30. The Balaban J connectivity index is 1.24. The second kappa shape index (κ2) is 9.02. The van der Waals surface area contributed by atoms with Crippen molar-refractivity contribution in [2.75, 3.05) is 18.5 Å². The molecule has 2 bridgehead atoms. The summed E-state index contributed by atoms with van der Waals surface area (Å²) in [7, 11) is 0. The Morgan fingerprint density at radius 3 is 2.19 bits per heavy atom. The molecule has 9 heteroatoms. The molecule has 166 valence electrons. The zero-order chi connectivity index (χ0) is 22.3. The Hall–Kier alpha value is -1.74. The lowest BCUT2D eigenvalue weighted by molar-refractivity contribution is -0.149. The number of benzene rings is 1. The molecule has 0 spiro atoms. The van der Waals surface area contributed by atoms with E-state index in [0.717, 1.165) is 18.4 Å². The van der Waals surface area contributed by atoms with E-state index in [1.807, 2.05) is 19.1 Å². The second-order valence-electron chi connectivity index (χ2n) is 8.34. The van der Waals surface area contributed by atoms with Gasteiger partial charge in [0, 0.05) is 21.9 Å². The van der Waals surface area contributed by atoms with E-state index in [9.17, 15) is 19.2 Å². The Kier molecular flexibility index (Phi) is 6.53. The number of aryl methyl sites for hydroxylation is 1. The van der Waals surface area contributed by atoms with Gasteiger partial charge in [0.25, 0.3) is 5.91 Å². The molecular weight excluding hydrogens is 532 g/mol. The Morgan fingerprint density at radius 2 is 1.65 bits per heavy atom. The van der Waals surface area contributed by atoms with Crippen molar-refractivity contribution in [1.82, 2.24) is 4.90 Å². The van der Waals surface area contributed by atoms with Crippen LogP contribution in [0.2, 0.25) is 0 Å². The van der Waals surface area contributed by atoms with E-state index in [-0.39, 0.29) is 58.1 Å². The van der Waals surface area contributed by atoms with Crippen molar-refractivity contribution >= 4 is 61.2 Å². The van der Waals surface area contributed by atoms with Crippen LogP contribution < -0.4 is 5.32 Å². The number of halogens is 2. The maximum Gasteiger partial charge on any atom is 0.308 e. The number of hydrogen-bond acceptors (Lipinski definition) is 5. The molecule has 1 aliphatic heterocycles. The summed E-state index contributed by atoms with van der Waals surface area (Å²) in [5.41, 5.74) is 1.79. The predicted molar refractivity (Wildman–Crippen MR) is 121 cm³/mol. The average molecular weight is 556 g/mol. The van der Waals surface area contributed by atoms with Crippen molar-refractivity contribution in [1.29, 1.82) is 0 Å². The van der Waals surface area contributed by atoms with Gasteiger partial charge < -0.3 is 10.1 Å². The molecule has 7 nitrogen and oxygen atoms in total. The maximum atomic E-state index is 12.8. The second-order valence-corrected chi connectivity index (χ2v) is 10.5. The summed E-state index contributed by atoms with van der Waals surface area (Å²) in [6.07, 6.45) is 1.65. The molecule has 0 radical (unpaired) electrons. The first-order valence-electron chi connectivity index (χ1n) is 10.5. The lowest BCUT2D eigenvalue weighted by atomic mass is 9.81. The third-order valence-electron chi connectivity index (χ3n) is 6.63. The number of esters is 1. The molecule has 1 aromatic carbocycles. The number of imide groups is 1. The molecule has 2 saturated carbocycles. The molecule has 3 amide bonds. The summed E-state index contributed by atoms with van der Waals surface area (Å²) in [4.78, 5) is 51.3. The fourth-order valence-electron chi connectivity index (χ4n) is 5.07. The van der Waals surface area contributed by atoms with Crippen molar-refractivity contribution < 1.29 is 23.9 Å². The number of carbonyl (C=O) groups is 4. The van der Waals surface area contributed by atoms with E-state index in [1.165, 1.54) is 4.90 Å². The summed E-state index contributed by atoms with van der Waals surface area (Å²) in [5, 5.41) is 2.67. The third-order valence-corrected chi connectivity index (χ3v) is 9.83. The molecule has 31 heavy (non-hydrogen) atoms. The van der Waals surface area contributed by atoms with Gasteiger partial charge in [-0.15, -0.1) is 0 Å². The van der Waals surface area contributed by atoms with Crippen LogP contribution in [0, 0.1) is 23.7 Å². The van der Waals surface area contributed by atoms with E-state index in [4.69, 9.17) is 4.74 Å². The zero-order valence-corrected chi connectivity index (χ0v) is 20.2. The van der Waals surface area contributed by atoms with Gasteiger partial charge in [0.15, 0.2) is 6.61 Å². The van der Waals surface area contributed by atoms with Gasteiger partial charge in [-0.3, -0.25) is 24.1 Å². The lowest BCUT2D eigenvalue weighted by Gasteiger charge is -2.28. The summed E-state index contributed by atoms with van der Waals surface area (Å²) in [6, 6.07) is 7.43. The highest BCUT2D eigenvalue weighted by atomic mass is 79.9. The number of rotatable bonds is 7. The van der Waals surface area contributed by atoms with Crippen LogP contribution in [0.4, 0.5) is 5.69 Å². The lowest BCUT2D eigenvalue weighted by Crippen LogP contribution is -2.37. The van der Waals surface area contributed by atoms with Gasteiger partial charge in [0.1, 0.15) is 0 Å². The van der Waals surface area contributed by atoms with E-state index in [2.05, 4.69) is 37.2 Å². The van der Waals surface area contributed by atoms with Crippen molar-refractivity contribution in [2.45, 2.75) is 35.8 Å². The van der Waals surface area contributed by atoms with Crippen LogP contribution in [-0.2, 0) is 30.3 Å². The summed E-state index contributed by atoms with van der Waals surface area (Å²) in [5.74, 6) is -1.74. The number of anilines is 1. The van der Waals surface area contributed by atoms with Gasteiger partial charge in [0.2, 0.25) is 11.8 Å². The molecule has 1 heterocycles. The molecule has 0 aromatic heterocycles. The van der Waals surface area contributed by atoms with Crippen LogP contribution in [-0.4, -0.2) is 51.4 Å². The number of alkyl halides is 2. The number of amides is 3. The maximum absolute atomic E-state index is 12.8. The van der Waals surface area contributed by atoms with Crippen molar-refractivity contribution in [2.24, 2.45) is 23.7 Å².